The molecular weight excluding hydrogens is 292 g/mol. The van der Waals surface area contributed by atoms with E-state index in [1.54, 1.807) is 0 Å². The SMILES string of the molecule is Cc1ccc(C(=O)c2sc(Nc3ccccc3)nc2C)cc1. The lowest BCUT2D eigenvalue weighted by Crippen LogP contribution is -2.00. The van der Waals surface area contributed by atoms with Gasteiger partial charge in [-0.1, -0.05) is 59.4 Å². The molecule has 0 spiro atoms. The van der Waals surface area contributed by atoms with Crippen molar-refractivity contribution < 1.29 is 4.79 Å². The minimum absolute atomic E-state index is 0.0242. The molecule has 0 aliphatic rings. The number of aromatic nitrogens is 1. The Kier molecular flexibility index (Phi) is 4.02. The third-order valence-electron chi connectivity index (χ3n) is 3.34. The highest BCUT2D eigenvalue weighted by Crippen LogP contribution is 2.27. The minimum Gasteiger partial charge on any atom is -0.332 e. The van der Waals surface area contributed by atoms with Gasteiger partial charge in [-0.3, -0.25) is 4.79 Å². The van der Waals surface area contributed by atoms with Crippen LogP contribution in [0.1, 0.15) is 26.5 Å². The highest BCUT2D eigenvalue weighted by atomic mass is 32.1. The van der Waals surface area contributed by atoms with E-state index in [1.165, 1.54) is 11.3 Å². The summed E-state index contributed by atoms with van der Waals surface area (Å²) in [5.41, 5.74) is 3.56. The fourth-order valence-corrected chi connectivity index (χ4v) is 3.09. The maximum absolute atomic E-state index is 12.6. The van der Waals surface area contributed by atoms with E-state index in [0.717, 1.165) is 22.1 Å². The van der Waals surface area contributed by atoms with Crippen LogP contribution in [0.5, 0.6) is 0 Å². The van der Waals surface area contributed by atoms with Crippen LogP contribution in [0.15, 0.2) is 54.6 Å². The Bertz CT molecular complexity index is 792. The molecule has 0 saturated carbocycles. The predicted molar refractivity (Wildman–Crippen MR) is 91.2 cm³/mol. The monoisotopic (exact) mass is 308 g/mol. The predicted octanol–water partition coefficient (Wildman–Crippen LogP) is 4.73. The molecule has 0 fully saturated rings. The highest BCUT2D eigenvalue weighted by molar-refractivity contribution is 7.17. The smallest absolute Gasteiger partial charge is 0.204 e. The third-order valence-corrected chi connectivity index (χ3v) is 4.41. The van der Waals surface area contributed by atoms with Crippen molar-refractivity contribution in [2.45, 2.75) is 13.8 Å². The summed E-state index contributed by atoms with van der Waals surface area (Å²) in [6.07, 6.45) is 0. The topological polar surface area (TPSA) is 42.0 Å². The summed E-state index contributed by atoms with van der Waals surface area (Å²) in [6.45, 7) is 3.88. The number of nitrogens with one attached hydrogen (secondary N) is 1. The average Bonchev–Trinajstić information content (AvgIpc) is 2.89. The van der Waals surface area contributed by atoms with Gasteiger partial charge in [0.05, 0.1) is 10.6 Å². The summed E-state index contributed by atoms with van der Waals surface area (Å²) in [4.78, 5) is 17.7. The molecule has 110 valence electrons. The van der Waals surface area contributed by atoms with E-state index in [2.05, 4.69) is 10.3 Å². The molecule has 0 radical (unpaired) electrons. The first-order chi connectivity index (χ1) is 10.6. The Hall–Kier alpha value is -2.46. The maximum Gasteiger partial charge on any atom is 0.204 e. The molecule has 1 N–H and O–H groups in total. The lowest BCUT2D eigenvalue weighted by atomic mass is 10.1. The van der Waals surface area contributed by atoms with Crippen molar-refractivity contribution in [3.63, 3.8) is 0 Å². The van der Waals surface area contributed by atoms with Crippen LogP contribution in [0.25, 0.3) is 0 Å². The number of anilines is 2. The quantitative estimate of drug-likeness (QED) is 0.708. The van der Waals surface area contributed by atoms with Crippen LogP contribution in [0.2, 0.25) is 0 Å². The zero-order valence-electron chi connectivity index (χ0n) is 12.5. The van der Waals surface area contributed by atoms with Crippen LogP contribution in [0.3, 0.4) is 0 Å². The number of rotatable bonds is 4. The van der Waals surface area contributed by atoms with Crippen molar-refractivity contribution in [3.8, 4) is 0 Å². The van der Waals surface area contributed by atoms with E-state index in [1.807, 2.05) is 68.4 Å². The van der Waals surface area contributed by atoms with Crippen molar-refractivity contribution in [2.75, 3.05) is 5.32 Å². The van der Waals surface area contributed by atoms with Gasteiger partial charge in [-0.25, -0.2) is 4.98 Å². The molecule has 0 saturated heterocycles. The van der Waals surface area contributed by atoms with Gasteiger partial charge in [0.15, 0.2) is 5.13 Å². The lowest BCUT2D eigenvalue weighted by molar-refractivity contribution is 0.104. The third kappa shape index (κ3) is 3.07. The van der Waals surface area contributed by atoms with Gasteiger partial charge in [0.25, 0.3) is 0 Å². The first-order valence-electron chi connectivity index (χ1n) is 7.04. The van der Waals surface area contributed by atoms with Crippen LogP contribution in [0, 0.1) is 13.8 Å². The minimum atomic E-state index is 0.0242. The van der Waals surface area contributed by atoms with Crippen LogP contribution < -0.4 is 5.32 Å². The van der Waals surface area contributed by atoms with Gasteiger partial charge in [-0.2, -0.15) is 0 Å². The summed E-state index contributed by atoms with van der Waals surface area (Å²) in [7, 11) is 0. The fourth-order valence-electron chi connectivity index (χ4n) is 2.14. The Morgan fingerprint density at radius 3 is 2.36 bits per heavy atom. The molecule has 0 aliphatic heterocycles. The van der Waals surface area contributed by atoms with E-state index in [4.69, 9.17) is 0 Å². The molecule has 0 amide bonds. The fraction of sp³-hybridized carbons (Fsp3) is 0.111. The molecule has 0 bridgehead atoms. The molecule has 3 aromatic rings. The van der Waals surface area contributed by atoms with Crippen molar-refractivity contribution in [2.24, 2.45) is 0 Å². The average molecular weight is 308 g/mol. The van der Waals surface area contributed by atoms with Crippen molar-refractivity contribution >= 4 is 27.9 Å². The van der Waals surface area contributed by atoms with Gasteiger partial charge in [-0.05, 0) is 26.0 Å². The molecule has 22 heavy (non-hydrogen) atoms. The Labute approximate surface area is 133 Å². The van der Waals surface area contributed by atoms with Gasteiger partial charge in [0.2, 0.25) is 5.78 Å². The number of thiazole rings is 1. The van der Waals surface area contributed by atoms with E-state index in [0.29, 0.717) is 10.4 Å². The first-order valence-corrected chi connectivity index (χ1v) is 7.86. The lowest BCUT2D eigenvalue weighted by Gasteiger charge is -2.00. The number of aryl methyl sites for hydroxylation is 2. The standard InChI is InChI=1S/C18H16N2OS/c1-12-8-10-14(11-9-12)16(21)17-13(2)19-18(22-17)20-15-6-4-3-5-7-15/h3-11H,1-2H3,(H,19,20). The molecule has 1 heterocycles. The molecule has 3 rings (SSSR count). The number of hydrogen-bond acceptors (Lipinski definition) is 4. The van der Waals surface area contributed by atoms with Gasteiger partial charge in [0, 0.05) is 11.3 Å². The summed E-state index contributed by atoms with van der Waals surface area (Å²) >= 11 is 1.39. The van der Waals surface area contributed by atoms with Gasteiger partial charge in [-0.15, -0.1) is 0 Å². The molecule has 4 heteroatoms. The highest BCUT2D eigenvalue weighted by Gasteiger charge is 2.17. The number of carbonyl (C=O) groups excluding carboxylic acids is 1. The van der Waals surface area contributed by atoms with Crippen molar-refractivity contribution in [1.29, 1.82) is 0 Å². The number of carbonyl (C=O) groups is 1. The number of para-hydroxylation sites is 1. The van der Waals surface area contributed by atoms with E-state index < -0.39 is 0 Å². The summed E-state index contributed by atoms with van der Waals surface area (Å²) in [5.74, 6) is 0.0242. The zero-order chi connectivity index (χ0) is 15.5. The van der Waals surface area contributed by atoms with Gasteiger partial charge >= 0.3 is 0 Å². The van der Waals surface area contributed by atoms with E-state index >= 15 is 0 Å². The van der Waals surface area contributed by atoms with Gasteiger partial charge in [0.1, 0.15) is 0 Å². The molecule has 3 nitrogen and oxygen atoms in total. The second-order valence-electron chi connectivity index (χ2n) is 5.12. The second kappa shape index (κ2) is 6.12. The molecule has 0 unspecified atom stereocenters. The van der Waals surface area contributed by atoms with Crippen LogP contribution in [-0.4, -0.2) is 10.8 Å². The van der Waals surface area contributed by atoms with Gasteiger partial charge < -0.3 is 5.32 Å². The summed E-state index contributed by atoms with van der Waals surface area (Å²) in [5, 5.41) is 3.97. The molecule has 1 aromatic heterocycles. The molecule has 0 atom stereocenters. The Morgan fingerprint density at radius 1 is 1.00 bits per heavy atom. The van der Waals surface area contributed by atoms with Crippen LogP contribution in [-0.2, 0) is 0 Å². The molecule has 0 aliphatic carbocycles. The summed E-state index contributed by atoms with van der Waals surface area (Å²) < 4.78 is 0. The number of nitrogens with zero attached hydrogens (tertiary/aromatic N) is 1. The second-order valence-corrected chi connectivity index (χ2v) is 6.12. The van der Waals surface area contributed by atoms with E-state index in [-0.39, 0.29) is 5.78 Å². The summed E-state index contributed by atoms with van der Waals surface area (Å²) in [6, 6.07) is 17.4. The van der Waals surface area contributed by atoms with Crippen molar-refractivity contribution in [3.05, 3.63) is 76.3 Å². The van der Waals surface area contributed by atoms with Crippen LogP contribution in [0.4, 0.5) is 10.8 Å². The number of benzene rings is 2. The molecule has 2 aromatic carbocycles. The normalized spacial score (nSPS) is 10.5. The number of hydrogen-bond donors (Lipinski definition) is 1. The number of ketones is 1. The van der Waals surface area contributed by atoms with Crippen molar-refractivity contribution in [1.82, 2.24) is 4.98 Å². The largest absolute Gasteiger partial charge is 0.332 e. The Balaban J connectivity index is 1.86. The zero-order valence-corrected chi connectivity index (χ0v) is 13.3. The Morgan fingerprint density at radius 2 is 1.68 bits per heavy atom. The van der Waals surface area contributed by atoms with Crippen LogP contribution >= 0.6 is 11.3 Å². The first kappa shape index (κ1) is 14.5. The van der Waals surface area contributed by atoms with E-state index in [9.17, 15) is 4.79 Å². The molecular formula is C18H16N2OS. The maximum atomic E-state index is 12.6.